The Bertz CT molecular complexity index is 876. The van der Waals surface area contributed by atoms with Crippen molar-refractivity contribution in [3.63, 3.8) is 0 Å². The first-order chi connectivity index (χ1) is 13.3. The average Bonchev–Trinajstić information content (AvgIpc) is 3.18. The summed E-state index contributed by atoms with van der Waals surface area (Å²) >= 11 is 0. The van der Waals surface area contributed by atoms with Crippen molar-refractivity contribution in [1.29, 1.82) is 0 Å². The molecule has 9 heteroatoms. The largest absolute Gasteiger partial charge is 0.459 e. The van der Waals surface area contributed by atoms with Gasteiger partial charge in [0.25, 0.3) is 11.8 Å². The van der Waals surface area contributed by atoms with Crippen molar-refractivity contribution in [2.75, 3.05) is 11.9 Å². The number of anilines is 1. The van der Waals surface area contributed by atoms with E-state index in [0.29, 0.717) is 12.2 Å². The number of hydrogen-bond acceptors (Lipinski definition) is 6. The minimum absolute atomic E-state index is 0.128. The topological polar surface area (TPSA) is 127 Å². The number of aryl methyl sites for hydroxylation is 1. The van der Waals surface area contributed by atoms with Crippen LogP contribution in [0.4, 0.5) is 10.5 Å². The molecule has 1 aromatic heterocycles. The first-order valence-corrected chi connectivity index (χ1v) is 8.57. The number of carbonyl (C=O) groups is 4. The SMILES string of the molecule is CCNC(=O)NC(=O)C(C)OC(=O)c1ccc(C)c(NC(=O)c2ccco2)c1. The maximum Gasteiger partial charge on any atom is 0.338 e. The number of furan rings is 1. The Kier molecular flexibility index (Phi) is 6.91. The van der Waals surface area contributed by atoms with Gasteiger partial charge in [-0.3, -0.25) is 14.9 Å². The maximum absolute atomic E-state index is 12.3. The molecule has 1 heterocycles. The number of hydrogen-bond donors (Lipinski definition) is 3. The molecule has 1 aromatic carbocycles. The molecule has 9 nitrogen and oxygen atoms in total. The number of imide groups is 1. The minimum atomic E-state index is -1.18. The van der Waals surface area contributed by atoms with E-state index in [9.17, 15) is 19.2 Å². The summed E-state index contributed by atoms with van der Waals surface area (Å²) in [5.74, 6) is -1.86. The van der Waals surface area contributed by atoms with Gasteiger partial charge in [0.15, 0.2) is 11.9 Å². The van der Waals surface area contributed by atoms with Crippen LogP contribution in [0.3, 0.4) is 0 Å². The number of urea groups is 1. The summed E-state index contributed by atoms with van der Waals surface area (Å²) in [5.41, 5.74) is 1.26. The van der Waals surface area contributed by atoms with Crippen LogP contribution in [0.25, 0.3) is 0 Å². The van der Waals surface area contributed by atoms with Gasteiger partial charge in [-0.05, 0) is 50.6 Å². The van der Waals surface area contributed by atoms with Gasteiger partial charge < -0.3 is 19.8 Å². The van der Waals surface area contributed by atoms with Gasteiger partial charge in [0, 0.05) is 12.2 Å². The summed E-state index contributed by atoms with van der Waals surface area (Å²) in [7, 11) is 0. The summed E-state index contributed by atoms with van der Waals surface area (Å²) in [6.07, 6.45) is 0.195. The summed E-state index contributed by atoms with van der Waals surface area (Å²) in [6, 6.07) is 7.00. The van der Waals surface area contributed by atoms with Gasteiger partial charge >= 0.3 is 12.0 Å². The molecule has 0 radical (unpaired) electrons. The van der Waals surface area contributed by atoms with Crippen LogP contribution in [0.1, 0.15) is 40.3 Å². The molecular formula is C19H21N3O6. The second-order valence-corrected chi connectivity index (χ2v) is 5.86. The molecule has 2 rings (SSSR count). The Morgan fingerprint density at radius 3 is 2.57 bits per heavy atom. The highest BCUT2D eigenvalue weighted by Gasteiger charge is 2.21. The van der Waals surface area contributed by atoms with Crippen LogP contribution in [-0.2, 0) is 9.53 Å². The van der Waals surface area contributed by atoms with Crippen LogP contribution in [-0.4, -0.2) is 36.5 Å². The highest BCUT2D eigenvalue weighted by Crippen LogP contribution is 2.19. The molecule has 2 aromatic rings. The number of amides is 4. The lowest BCUT2D eigenvalue weighted by Gasteiger charge is -2.14. The van der Waals surface area contributed by atoms with E-state index in [1.165, 1.54) is 31.4 Å². The van der Waals surface area contributed by atoms with Crippen molar-refractivity contribution in [1.82, 2.24) is 10.6 Å². The van der Waals surface area contributed by atoms with E-state index in [1.54, 1.807) is 26.0 Å². The van der Waals surface area contributed by atoms with Crippen LogP contribution >= 0.6 is 0 Å². The lowest BCUT2D eigenvalue weighted by atomic mass is 10.1. The van der Waals surface area contributed by atoms with Gasteiger partial charge in [0.05, 0.1) is 11.8 Å². The standard InChI is InChI=1S/C19H21N3O6/c1-4-20-19(26)22-16(23)12(3)28-18(25)13-8-7-11(2)14(10-13)21-17(24)15-6-5-9-27-15/h5-10,12H,4H2,1-3H3,(H,21,24)(H2,20,22,23,26). The Labute approximate surface area is 161 Å². The third-order valence-electron chi connectivity index (χ3n) is 3.69. The van der Waals surface area contributed by atoms with E-state index >= 15 is 0 Å². The van der Waals surface area contributed by atoms with E-state index in [1.807, 2.05) is 0 Å². The minimum Gasteiger partial charge on any atom is -0.459 e. The molecule has 0 saturated heterocycles. The van der Waals surface area contributed by atoms with Gasteiger partial charge in [-0.1, -0.05) is 6.07 Å². The van der Waals surface area contributed by atoms with Gasteiger partial charge in [-0.25, -0.2) is 9.59 Å². The number of ether oxygens (including phenoxy) is 1. The van der Waals surface area contributed by atoms with Gasteiger partial charge in [0.2, 0.25) is 0 Å². The molecule has 1 unspecified atom stereocenters. The molecule has 1 atom stereocenters. The average molecular weight is 387 g/mol. The molecule has 0 spiro atoms. The molecule has 0 fully saturated rings. The van der Waals surface area contributed by atoms with E-state index in [-0.39, 0.29) is 11.3 Å². The lowest BCUT2D eigenvalue weighted by Crippen LogP contribution is -2.44. The Hall–Kier alpha value is -3.62. The summed E-state index contributed by atoms with van der Waals surface area (Å²) < 4.78 is 10.1. The van der Waals surface area contributed by atoms with Crippen molar-refractivity contribution in [2.24, 2.45) is 0 Å². The second kappa shape index (κ2) is 9.36. The predicted molar refractivity (Wildman–Crippen MR) is 99.9 cm³/mol. The Morgan fingerprint density at radius 1 is 1.18 bits per heavy atom. The third-order valence-corrected chi connectivity index (χ3v) is 3.69. The van der Waals surface area contributed by atoms with Crippen LogP contribution < -0.4 is 16.0 Å². The summed E-state index contributed by atoms with van der Waals surface area (Å²) in [4.78, 5) is 47.7. The van der Waals surface area contributed by atoms with Gasteiger partial charge in [-0.15, -0.1) is 0 Å². The lowest BCUT2D eigenvalue weighted by molar-refractivity contribution is -0.127. The Morgan fingerprint density at radius 2 is 1.93 bits per heavy atom. The third kappa shape index (κ3) is 5.44. The quantitative estimate of drug-likeness (QED) is 0.653. The number of carbonyl (C=O) groups excluding carboxylic acids is 4. The number of esters is 1. The number of rotatable bonds is 6. The van der Waals surface area contributed by atoms with Crippen molar-refractivity contribution < 1.29 is 28.3 Å². The number of benzene rings is 1. The molecule has 0 aliphatic rings. The van der Waals surface area contributed by atoms with Crippen LogP contribution in [0.2, 0.25) is 0 Å². The summed E-state index contributed by atoms with van der Waals surface area (Å²) in [5, 5.41) is 7.12. The zero-order valence-corrected chi connectivity index (χ0v) is 15.7. The van der Waals surface area contributed by atoms with E-state index < -0.39 is 29.9 Å². The Balaban J connectivity index is 2.04. The van der Waals surface area contributed by atoms with Gasteiger partial charge in [-0.2, -0.15) is 0 Å². The van der Waals surface area contributed by atoms with E-state index in [4.69, 9.17) is 9.15 Å². The van der Waals surface area contributed by atoms with Crippen LogP contribution in [0.15, 0.2) is 41.0 Å². The molecule has 0 bridgehead atoms. The van der Waals surface area contributed by atoms with Crippen molar-refractivity contribution in [3.8, 4) is 0 Å². The molecule has 148 valence electrons. The fourth-order valence-electron chi connectivity index (χ4n) is 2.18. The molecule has 3 N–H and O–H groups in total. The molecule has 0 aliphatic carbocycles. The highest BCUT2D eigenvalue weighted by molar-refractivity contribution is 6.03. The van der Waals surface area contributed by atoms with E-state index in [0.717, 1.165) is 5.56 Å². The molecular weight excluding hydrogens is 366 g/mol. The fraction of sp³-hybridized carbons (Fsp3) is 0.263. The van der Waals surface area contributed by atoms with Crippen molar-refractivity contribution in [2.45, 2.75) is 26.9 Å². The monoisotopic (exact) mass is 387 g/mol. The zero-order valence-electron chi connectivity index (χ0n) is 15.7. The van der Waals surface area contributed by atoms with Crippen LogP contribution in [0.5, 0.6) is 0 Å². The van der Waals surface area contributed by atoms with Crippen molar-refractivity contribution >= 4 is 29.5 Å². The highest BCUT2D eigenvalue weighted by atomic mass is 16.5. The fourth-order valence-corrected chi connectivity index (χ4v) is 2.18. The van der Waals surface area contributed by atoms with Gasteiger partial charge in [0.1, 0.15) is 0 Å². The molecule has 0 saturated carbocycles. The zero-order chi connectivity index (χ0) is 20.7. The second-order valence-electron chi connectivity index (χ2n) is 5.86. The first kappa shape index (κ1) is 20.7. The molecule has 0 aliphatic heterocycles. The normalized spacial score (nSPS) is 11.2. The smallest absolute Gasteiger partial charge is 0.338 e. The number of nitrogens with one attached hydrogen (secondary N) is 3. The summed E-state index contributed by atoms with van der Waals surface area (Å²) in [6.45, 7) is 5.16. The maximum atomic E-state index is 12.3. The van der Waals surface area contributed by atoms with Crippen molar-refractivity contribution in [3.05, 3.63) is 53.5 Å². The van der Waals surface area contributed by atoms with E-state index in [2.05, 4.69) is 16.0 Å². The molecule has 28 heavy (non-hydrogen) atoms. The predicted octanol–water partition coefficient (Wildman–Crippen LogP) is 2.23. The molecule has 4 amide bonds. The first-order valence-electron chi connectivity index (χ1n) is 8.57. The van der Waals surface area contributed by atoms with Crippen LogP contribution in [0, 0.1) is 6.92 Å².